The minimum atomic E-state index is 0.594. The molecule has 0 unspecified atom stereocenters. The Morgan fingerprint density at radius 2 is 2.11 bits per heavy atom. The van der Waals surface area contributed by atoms with Crippen molar-refractivity contribution < 1.29 is 0 Å². The Bertz CT molecular complexity index is 596. The molecule has 5 heteroatoms. The molecule has 4 nitrogen and oxygen atoms in total. The van der Waals surface area contributed by atoms with Crippen LogP contribution in [0.1, 0.15) is 35.8 Å². The lowest BCUT2D eigenvalue weighted by molar-refractivity contribution is 0.898. The number of hydrogen-bond donors (Lipinski definition) is 2. The molecule has 3 N–H and O–H groups in total. The van der Waals surface area contributed by atoms with E-state index in [1.54, 1.807) is 0 Å². The Morgan fingerprint density at radius 3 is 2.79 bits per heavy atom. The number of hydrogen-bond acceptors (Lipinski definition) is 4. The van der Waals surface area contributed by atoms with E-state index in [0.29, 0.717) is 18.2 Å². The highest BCUT2D eigenvalue weighted by atomic mass is 79.9. The number of hydrazine groups is 1. The molecule has 1 aromatic carbocycles. The molecular weight excluding hydrogens is 304 g/mol. The lowest BCUT2D eigenvalue weighted by Crippen LogP contribution is -2.11. The van der Waals surface area contributed by atoms with Gasteiger partial charge in [0.15, 0.2) is 0 Å². The van der Waals surface area contributed by atoms with E-state index in [2.05, 4.69) is 43.5 Å². The van der Waals surface area contributed by atoms with Gasteiger partial charge in [-0.1, -0.05) is 28.1 Å². The number of nitrogen functional groups attached to an aromatic ring is 1. The maximum absolute atomic E-state index is 5.48. The highest BCUT2D eigenvalue weighted by Gasteiger charge is 2.26. The predicted molar refractivity (Wildman–Crippen MR) is 78.8 cm³/mol. The second kappa shape index (κ2) is 5.27. The summed E-state index contributed by atoms with van der Waals surface area (Å²) in [6.45, 7) is 0. The molecule has 1 aliphatic rings. The van der Waals surface area contributed by atoms with E-state index in [4.69, 9.17) is 5.84 Å². The van der Waals surface area contributed by atoms with Crippen molar-refractivity contribution >= 4 is 21.7 Å². The molecule has 1 saturated carbocycles. The molecule has 0 spiro atoms. The van der Waals surface area contributed by atoms with Gasteiger partial charge in [0.25, 0.3) is 0 Å². The van der Waals surface area contributed by atoms with Crippen LogP contribution in [0, 0.1) is 0 Å². The average Bonchev–Trinajstić information content (AvgIpc) is 3.22. The Labute approximate surface area is 120 Å². The van der Waals surface area contributed by atoms with Crippen LogP contribution in [0.5, 0.6) is 0 Å². The maximum Gasteiger partial charge on any atom is 0.143 e. The Hall–Kier alpha value is -1.46. The van der Waals surface area contributed by atoms with Crippen molar-refractivity contribution in [1.29, 1.82) is 0 Å². The summed E-state index contributed by atoms with van der Waals surface area (Å²) in [5.74, 6) is 7.58. The minimum Gasteiger partial charge on any atom is -0.308 e. The van der Waals surface area contributed by atoms with E-state index in [0.717, 1.165) is 16.0 Å². The molecule has 0 bridgehead atoms. The van der Waals surface area contributed by atoms with Crippen LogP contribution in [0.2, 0.25) is 0 Å². The normalized spacial score (nSPS) is 14.4. The smallest absolute Gasteiger partial charge is 0.143 e. The summed E-state index contributed by atoms with van der Waals surface area (Å²) in [5.41, 5.74) is 4.92. The SMILES string of the molecule is NNc1cc(C2CC2)nc(Cc2cccc(Br)c2)n1. The van der Waals surface area contributed by atoms with Crippen LogP contribution in [-0.4, -0.2) is 9.97 Å². The maximum atomic E-state index is 5.48. The summed E-state index contributed by atoms with van der Waals surface area (Å²) in [4.78, 5) is 9.07. The van der Waals surface area contributed by atoms with Crippen LogP contribution in [-0.2, 0) is 6.42 Å². The molecule has 1 heterocycles. The van der Waals surface area contributed by atoms with Crippen LogP contribution in [0.3, 0.4) is 0 Å². The first-order valence-corrected chi connectivity index (χ1v) is 7.13. The van der Waals surface area contributed by atoms with Gasteiger partial charge in [-0.05, 0) is 30.5 Å². The van der Waals surface area contributed by atoms with Crippen LogP contribution < -0.4 is 11.3 Å². The highest BCUT2D eigenvalue weighted by Crippen LogP contribution is 2.39. The van der Waals surface area contributed by atoms with Gasteiger partial charge < -0.3 is 5.43 Å². The topological polar surface area (TPSA) is 63.8 Å². The fourth-order valence-electron chi connectivity index (χ4n) is 2.09. The number of anilines is 1. The Morgan fingerprint density at radius 1 is 1.26 bits per heavy atom. The first-order chi connectivity index (χ1) is 9.24. The monoisotopic (exact) mass is 318 g/mol. The number of aromatic nitrogens is 2. The van der Waals surface area contributed by atoms with Crippen molar-refractivity contribution in [3.63, 3.8) is 0 Å². The zero-order valence-corrected chi connectivity index (χ0v) is 12.0. The molecule has 1 aromatic heterocycles. The molecule has 19 heavy (non-hydrogen) atoms. The largest absolute Gasteiger partial charge is 0.308 e. The molecule has 98 valence electrons. The van der Waals surface area contributed by atoms with Crippen LogP contribution in [0.4, 0.5) is 5.82 Å². The molecule has 1 aliphatic carbocycles. The van der Waals surface area contributed by atoms with Crippen molar-refractivity contribution in [2.45, 2.75) is 25.2 Å². The summed E-state index contributed by atoms with van der Waals surface area (Å²) >= 11 is 3.48. The lowest BCUT2D eigenvalue weighted by Gasteiger charge is -2.07. The molecule has 0 aliphatic heterocycles. The molecule has 2 aromatic rings. The molecular formula is C14H15BrN4. The minimum absolute atomic E-state index is 0.594. The third-order valence-electron chi connectivity index (χ3n) is 3.19. The quantitative estimate of drug-likeness (QED) is 0.672. The van der Waals surface area contributed by atoms with Gasteiger partial charge in [-0.25, -0.2) is 15.8 Å². The average molecular weight is 319 g/mol. The van der Waals surface area contributed by atoms with Gasteiger partial charge >= 0.3 is 0 Å². The van der Waals surface area contributed by atoms with E-state index in [-0.39, 0.29) is 0 Å². The van der Waals surface area contributed by atoms with Crippen molar-refractivity contribution in [3.05, 3.63) is 51.9 Å². The van der Waals surface area contributed by atoms with Gasteiger partial charge in [-0.3, -0.25) is 0 Å². The first kappa shape index (κ1) is 12.6. The molecule has 3 rings (SSSR count). The standard InChI is InChI=1S/C14H15BrN4/c15-11-3-1-2-9(6-11)7-13-17-12(10-4-5-10)8-14(18-13)19-16/h1-3,6,8,10H,4-5,7,16H2,(H,17,18,19). The third-order valence-corrected chi connectivity index (χ3v) is 3.68. The Kier molecular flexibility index (Phi) is 3.48. The van der Waals surface area contributed by atoms with Gasteiger partial charge in [0.05, 0.1) is 0 Å². The van der Waals surface area contributed by atoms with Crippen LogP contribution >= 0.6 is 15.9 Å². The molecule has 0 atom stereocenters. The number of nitrogens with two attached hydrogens (primary N) is 1. The lowest BCUT2D eigenvalue weighted by atomic mass is 10.1. The second-order valence-electron chi connectivity index (χ2n) is 4.82. The summed E-state index contributed by atoms with van der Waals surface area (Å²) in [6, 6.07) is 10.1. The summed E-state index contributed by atoms with van der Waals surface area (Å²) in [6.07, 6.45) is 3.16. The van der Waals surface area contributed by atoms with E-state index in [1.807, 2.05) is 18.2 Å². The Balaban J connectivity index is 1.89. The van der Waals surface area contributed by atoms with Gasteiger partial charge in [-0.2, -0.15) is 0 Å². The number of benzene rings is 1. The van der Waals surface area contributed by atoms with Crippen LogP contribution in [0.15, 0.2) is 34.8 Å². The fourth-order valence-corrected chi connectivity index (χ4v) is 2.54. The molecule has 0 radical (unpaired) electrons. The number of nitrogens with zero attached hydrogens (tertiary/aromatic N) is 2. The highest BCUT2D eigenvalue weighted by molar-refractivity contribution is 9.10. The van der Waals surface area contributed by atoms with Crippen molar-refractivity contribution in [2.24, 2.45) is 5.84 Å². The summed E-state index contributed by atoms with van der Waals surface area (Å²) < 4.78 is 1.07. The van der Waals surface area contributed by atoms with Crippen molar-refractivity contribution in [2.75, 3.05) is 5.43 Å². The van der Waals surface area contributed by atoms with Gasteiger partial charge in [0, 0.05) is 28.6 Å². The van der Waals surface area contributed by atoms with Crippen LogP contribution in [0.25, 0.3) is 0 Å². The zero-order valence-electron chi connectivity index (χ0n) is 10.4. The second-order valence-corrected chi connectivity index (χ2v) is 5.74. The third kappa shape index (κ3) is 3.11. The van der Waals surface area contributed by atoms with E-state index in [1.165, 1.54) is 18.4 Å². The first-order valence-electron chi connectivity index (χ1n) is 6.33. The fraction of sp³-hybridized carbons (Fsp3) is 0.286. The number of halogens is 1. The van der Waals surface area contributed by atoms with Gasteiger partial charge in [0.2, 0.25) is 0 Å². The van der Waals surface area contributed by atoms with E-state index < -0.39 is 0 Å². The predicted octanol–water partition coefficient (Wildman–Crippen LogP) is 2.99. The molecule has 1 fully saturated rings. The zero-order chi connectivity index (χ0) is 13.2. The van der Waals surface area contributed by atoms with Crippen molar-refractivity contribution in [1.82, 2.24) is 9.97 Å². The molecule has 0 saturated heterocycles. The summed E-state index contributed by atoms with van der Waals surface area (Å²) in [5, 5.41) is 0. The van der Waals surface area contributed by atoms with Gasteiger partial charge in [0.1, 0.15) is 11.6 Å². The number of rotatable bonds is 4. The van der Waals surface area contributed by atoms with Crippen molar-refractivity contribution in [3.8, 4) is 0 Å². The summed E-state index contributed by atoms with van der Waals surface area (Å²) in [7, 11) is 0. The van der Waals surface area contributed by atoms with Gasteiger partial charge in [-0.15, -0.1) is 0 Å². The molecule has 0 amide bonds. The van der Waals surface area contributed by atoms with E-state index >= 15 is 0 Å². The van der Waals surface area contributed by atoms with E-state index in [9.17, 15) is 0 Å². The number of nitrogens with one attached hydrogen (secondary N) is 1.